The van der Waals surface area contributed by atoms with E-state index in [0.29, 0.717) is 6.42 Å². The van der Waals surface area contributed by atoms with Gasteiger partial charge in [-0.3, -0.25) is 14.7 Å². The van der Waals surface area contributed by atoms with E-state index in [1.807, 2.05) is 18.3 Å². The van der Waals surface area contributed by atoms with Crippen molar-refractivity contribution in [2.45, 2.75) is 44.2 Å². The lowest BCUT2D eigenvalue weighted by Crippen LogP contribution is -2.47. The van der Waals surface area contributed by atoms with Crippen LogP contribution in [0.2, 0.25) is 5.02 Å². The van der Waals surface area contributed by atoms with Gasteiger partial charge in [-0.2, -0.15) is 0 Å². The number of nitrogens with zero attached hydrogens (tertiary/aromatic N) is 2. The van der Waals surface area contributed by atoms with E-state index in [1.54, 1.807) is 0 Å². The summed E-state index contributed by atoms with van der Waals surface area (Å²) in [4.78, 5) is 18.8. The van der Waals surface area contributed by atoms with Crippen molar-refractivity contribution in [3.8, 4) is 0 Å². The molecule has 1 aliphatic carbocycles. The molecular weight excluding hydrogens is 416 g/mol. The summed E-state index contributed by atoms with van der Waals surface area (Å²) < 4.78 is 0.951. The van der Waals surface area contributed by atoms with Gasteiger partial charge in [0.1, 0.15) is 6.04 Å². The quantitative estimate of drug-likeness (QED) is 0.747. The first-order valence-corrected chi connectivity index (χ1v) is 10.1. The third-order valence-electron chi connectivity index (χ3n) is 5.45. The number of hydrogen-bond acceptors (Lipinski definition) is 3. The van der Waals surface area contributed by atoms with Gasteiger partial charge in [-0.05, 0) is 83.0 Å². The van der Waals surface area contributed by atoms with Gasteiger partial charge in [-0.25, -0.2) is 0 Å². The van der Waals surface area contributed by atoms with Crippen LogP contribution in [0.15, 0.2) is 34.9 Å². The summed E-state index contributed by atoms with van der Waals surface area (Å²) in [5, 5.41) is 10.5. The van der Waals surface area contributed by atoms with E-state index < -0.39 is 12.0 Å². The standard InChI is InChI=1S/C20H20BrClN2O2/c21-14-9-13-5-4-12-10-15(22)6-7-16(12)19(18(13)23-11-14)24-8-2-1-3-17(24)20(25)26/h6-7,9-11,17,19H,1-5,8H2,(H,25,26). The van der Waals surface area contributed by atoms with Crippen molar-refractivity contribution in [2.75, 3.05) is 6.54 Å². The highest BCUT2D eigenvalue weighted by molar-refractivity contribution is 9.10. The lowest BCUT2D eigenvalue weighted by molar-refractivity contribution is -0.145. The summed E-state index contributed by atoms with van der Waals surface area (Å²) in [5.41, 5.74) is 4.47. The van der Waals surface area contributed by atoms with Crippen LogP contribution in [0.5, 0.6) is 0 Å². The fourth-order valence-electron chi connectivity index (χ4n) is 4.28. The number of carbonyl (C=O) groups is 1. The zero-order valence-electron chi connectivity index (χ0n) is 14.3. The first-order valence-electron chi connectivity index (χ1n) is 8.96. The molecule has 0 bridgehead atoms. The third-order valence-corrected chi connectivity index (χ3v) is 6.12. The van der Waals surface area contributed by atoms with Gasteiger partial charge in [0.25, 0.3) is 0 Å². The van der Waals surface area contributed by atoms with Crippen molar-refractivity contribution in [1.29, 1.82) is 0 Å². The Kier molecular flexibility index (Phi) is 5.04. The molecule has 4 nitrogen and oxygen atoms in total. The Labute approximate surface area is 166 Å². The minimum absolute atomic E-state index is 0.144. The summed E-state index contributed by atoms with van der Waals surface area (Å²) in [5.74, 6) is -0.747. The Morgan fingerprint density at radius 1 is 1.23 bits per heavy atom. The molecule has 1 fully saturated rings. The monoisotopic (exact) mass is 434 g/mol. The topological polar surface area (TPSA) is 53.4 Å². The number of carboxylic acids is 1. The zero-order chi connectivity index (χ0) is 18.3. The first-order chi connectivity index (χ1) is 12.5. The molecule has 2 atom stereocenters. The van der Waals surface area contributed by atoms with Gasteiger partial charge in [-0.1, -0.05) is 24.1 Å². The van der Waals surface area contributed by atoms with Crippen molar-refractivity contribution >= 4 is 33.5 Å². The molecule has 1 aromatic carbocycles. The van der Waals surface area contributed by atoms with Gasteiger partial charge in [-0.15, -0.1) is 0 Å². The molecule has 2 unspecified atom stereocenters. The van der Waals surface area contributed by atoms with Gasteiger partial charge >= 0.3 is 5.97 Å². The molecule has 2 heterocycles. The van der Waals surface area contributed by atoms with Gasteiger partial charge in [0.2, 0.25) is 0 Å². The average molecular weight is 436 g/mol. The summed E-state index contributed by atoms with van der Waals surface area (Å²) in [6, 6.07) is 7.46. The maximum Gasteiger partial charge on any atom is 0.320 e. The van der Waals surface area contributed by atoms with E-state index in [-0.39, 0.29) is 6.04 Å². The Morgan fingerprint density at radius 2 is 2.04 bits per heavy atom. The van der Waals surface area contributed by atoms with Crippen molar-refractivity contribution in [1.82, 2.24) is 9.88 Å². The number of halogens is 2. The van der Waals surface area contributed by atoms with Crippen LogP contribution in [0.1, 0.15) is 47.7 Å². The van der Waals surface area contributed by atoms with Crippen LogP contribution in [-0.4, -0.2) is 33.5 Å². The SMILES string of the molecule is O=C(O)C1CCCCN1C1c2ccc(Cl)cc2CCc2cc(Br)cnc21. The molecule has 1 aromatic heterocycles. The normalized spacial score (nSPS) is 23.0. The number of aliphatic carboxylic acids is 1. The van der Waals surface area contributed by atoms with E-state index in [9.17, 15) is 9.90 Å². The minimum atomic E-state index is -0.747. The molecule has 0 spiro atoms. The number of aromatic nitrogens is 1. The Bertz CT molecular complexity index is 804. The van der Waals surface area contributed by atoms with Crippen molar-refractivity contribution in [2.24, 2.45) is 0 Å². The largest absolute Gasteiger partial charge is 0.480 e. The predicted octanol–water partition coefficient (Wildman–Crippen LogP) is 4.62. The van der Waals surface area contributed by atoms with E-state index in [0.717, 1.165) is 53.0 Å². The molecule has 4 rings (SSSR count). The summed E-state index contributed by atoms with van der Waals surface area (Å²) in [6.07, 6.45) is 6.21. The molecule has 1 aliphatic heterocycles. The second-order valence-electron chi connectivity index (χ2n) is 7.03. The second kappa shape index (κ2) is 7.29. The van der Waals surface area contributed by atoms with Crippen molar-refractivity contribution < 1.29 is 9.90 Å². The highest BCUT2D eigenvalue weighted by Crippen LogP contribution is 2.40. The van der Waals surface area contributed by atoms with Gasteiger partial charge in [0.05, 0.1) is 11.7 Å². The van der Waals surface area contributed by atoms with E-state index in [2.05, 4.69) is 33.0 Å². The van der Waals surface area contributed by atoms with Crippen molar-refractivity contribution in [3.63, 3.8) is 0 Å². The molecule has 136 valence electrons. The number of fused-ring (bicyclic) bond motifs is 2. The maximum atomic E-state index is 11.9. The van der Waals surface area contributed by atoms with Crippen LogP contribution in [-0.2, 0) is 17.6 Å². The van der Waals surface area contributed by atoms with Crippen LogP contribution < -0.4 is 0 Å². The number of benzene rings is 1. The third kappa shape index (κ3) is 3.28. The summed E-state index contributed by atoms with van der Waals surface area (Å²) in [7, 11) is 0. The fourth-order valence-corrected chi connectivity index (χ4v) is 4.85. The molecular formula is C20H20BrClN2O2. The first kappa shape index (κ1) is 18.0. The maximum absolute atomic E-state index is 11.9. The van der Waals surface area contributed by atoms with E-state index >= 15 is 0 Å². The number of likely N-dealkylation sites (tertiary alicyclic amines) is 1. The number of piperidine rings is 1. The Hall–Kier alpha value is -1.43. The second-order valence-corrected chi connectivity index (χ2v) is 8.38. The molecule has 0 amide bonds. The molecule has 0 radical (unpaired) electrons. The smallest absolute Gasteiger partial charge is 0.320 e. The molecule has 6 heteroatoms. The molecule has 26 heavy (non-hydrogen) atoms. The summed E-state index contributed by atoms with van der Waals surface area (Å²) >= 11 is 9.77. The highest BCUT2D eigenvalue weighted by Gasteiger charge is 2.38. The van der Waals surface area contributed by atoms with Gasteiger partial charge in [0, 0.05) is 15.7 Å². The van der Waals surface area contributed by atoms with Crippen LogP contribution >= 0.6 is 27.5 Å². The number of carboxylic acid groups (broad SMARTS) is 1. The number of aryl methyl sites for hydroxylation is 2. The van der Waals surface area contributed by atoms with E-state index in [1.165, 1.54) is 11.1 Å². The van der Waals surface area contributed by atoms with Crippen LogP contribution in [0.4, 0.5) is 0 Å². The van der Waals surface area contributed by atoms with Crippen LogP contribution in [0.25, 0.3) is 0 Å². The molecule has 1 N–H and O–H groups in total. The molecule has 2 aliphatic rings. The highest BCUT2D eigenvalue weighted by atomic mass is 79.9. The van der Waals surface area contributed by atoms with Crippen LogP contribution in [0, 0.1) is 0 Å². The lowest BCUT2D eigenvalue weighted by Gasteiger charge is -2.39. The molecule has 0 saturated carbocycles. The predicted molar refractivity (Wildman–Crippen MR) is 105 cm³/mol. The fraction of sp³-hybridized carbons (Fsp3) is 0.400. The van der Waals surface area contributed by atoms with Gasteiger partial charge < -0.3 is 5.11 Å². The minimum Gasteiger partial charge on any atom is -0.480 e. The summed E-state index contributed by atoms with van der Waals surface area (Å²) in [6.45, 7) is 0.765. The number of rotatable bonds is 2. The molecule has 2 aromatic rings. The lowest BCUT2D eigenvalue weighted by atomic mass is 9.92. The average Bonchev–Trinajstić information content (AvgIpc) is 2.78. The Balaban J connectivity index is 1.89. The zero-order valence-corrected chi connectivity index (χ0v) is 16.6. The molecule has 1 saturated heterocycles. The number of hydrogen-bond donors (Lipinski definition) is 1. The van der Waals surface area contributed by atoms with Gasteiger partial charge in [0.15, 0.2) is 0 Å². The Morgan fingerprint density at radius 3 is 2.85 bits per heavy atom. The van der Waals surface area contributed by atoms with Crippen LogP contribution in [0.3, 0.4) is 0 Å². The van der Waals surface area contributed by atoms with E-state index in [4.69, 9.17) is 16.6 Å². The van der Waals surface area contributed by atoms with Crippen molar-refractivity contribution in [3.05, 3.63) is 62.3 Å². The number of pyridine rings is 1.